The summed E-state index contributed by atoms with van der Waals surface area (Å²) in [6.07, 6.45) is 25.3. The highest BCUT2D eigenvalue weighted by Gasteiger charge is 2.58. The van der Waals surface area contributed by atoms with Crippen molar-refractivity contribution in [2.24, 2.45) is 52.1 Å². The zero-order chi connectivity index (χ0) is 33.6. The minimum absolute atomic E-state index is 0. The number of aliphatic hydroxyl groups is 1. The van der Waals surface area contributed by atoms with Crippen molar-refractivity contribution in [3.8, 4) is 12.3 Å². The molecule has 4 rings (SSSR count). The third-order valence-electron chi connectivity index (χ3n) is 11.7. The van der Waals surface area contributed by atoms with Gasteiger partial charge in [-0.15, -0.1) is 12.3 Å². The number of nitrogens with one attached hydrogen (secondary N) is 2. The number of nitrogens with two attached hydrogens (primary N) is 1. The fraction of sp³-hybridized carbons (Fsp3) is 0.850. The molecule has 4 aliphatic rings. The summed E-state index contributed by atoms with van der Waals surface area (Å²) in [7, 11) is 0. The molecule has 0 bridgehead atoms. The normalized spacial score (nSPS) is 32.0. The molecule has 0 aromatic heterocycles. The van der Waals surface area contributed by atoms with Gasteiger partial charge in [-0.1, -0.05) is 81.2 Å². The second-order valence-corrected chi connectivity index (χ2v) is 15.0. The summed E-state index contributed by atoms with van der Waals surface area (Å²) >= 11 is 0. The maximum absolute atomic E-state index is 12.7. The molecule has 46 heavy (non-hydrogen) atoms. The Balaban J connectivity index is 0.00000166. The molecule has 266 valence electrons. The predicted molar refractivity (Wildman–Crippen MR) is 195 cm³/mol. The van der Waals surface area contributed by atoms with Crippen molar-refractivity contribution >= 4 is 11.8 Å². The van der Waals surface area contributed by atoms with Crippen LogP contribution in [0, 0.1) is 58.7 Å². The van der Waals surface area contributed by atoms with Crippen molar-refractivity contribution in [3.63, 3.8) is 0 Å². The molecule has 0 spiro atoms. The Morgan fingerprint density at radius 2 is 1.76 bits per heavy atom. The molecule has 9 unspecified atom stereocenters. The van der Waals surface area contributed by atoms with Crippen LogP contribution in [0.2, 0.25) is 0 Å². The maximum atomic E-state index is 12.7. The minimum atomic E-state index is -0.558. The highest BCUT2D eigenvalue weighted by atomic mass is 16.3. The molecule has 0 saturated heterocycles. The van der Waals surface area contributed by atoms with Gasteiger partial charge in [-0.3, -0.25) is 9.59 Å². The Morgan fingerprint density at radius 1 is 1.09 bits per heavy atom. The quantitative estimate of drug-likeness (QED) is 0.0786. The number of carbonyl (C=O) groups is 2. The molecule has 4 aliphatic carbocycles. The number of carbonyl (C=O) groups excluding carboxylic acids is 2. The van der Waals surface area contributed by atoms with Crippen LogP contribution < -0.4 is 16.4 Å². The van der Waals surface area contributed by atoms with Crippen LogP contribution in [-0.2, 0) is 9.59 Å². The van der Waals surface area contributed by atoms with Crippen molar-refractivity contribution in [2.75, 3.05) is 6.54 Å². The number of amides is 2. The second-order valence-electron chi connectivity index (χ2n) is 15.0. The van der Waals surface area contributed by atoms with Gasteiger partial charge in [-0.25, -0.2) is 0 Å². The molecular weight excluding hydrogens is 570 g/mol. The lowest BCUT2D eigenvalue weighted by Crippen LogP contribution is -2.55. The fourth-order valence-corrected chi connectivity index (χ4v) is 9.67. The van der Waals surface area contributed by atoms with E-state index in [0.717, 1.165) is 62.3 Å². The van der Waals surface area contributed by atoms with E-state index < -0.39 is 11.6 Å². The summed E-state index contributed by atoms with van der Waals surface area (Å²) in [6.45, 7) is 15.1. The molecule has 0 radical (unpaired) electrons. The lowest BCUT2D eigenvalue weighted by molar-refractivity contribution is -0.145. The van der Waals surface area contributed by atoms with E-state index in [2.05, 4.69) is 30.4 Å². The standard InChI is InChI=1S/C35H56N2O3.C2H7N.C2H6.CH4/c1-6-13-30(37-33(40)34(3,4)21-7-2)36-31(39)16-10-8-9-14-24-17-18-27-26(24)19-20-28-32(27)29(38)23-25-15-11-12-22-35(25,28)5;1-2-3;1-2;/h1,10,16,24-30,32,38H,7-9,11-15,17-23H2,2-5H3,(H,36,39)(H,37,40);2-3H2,1H3;1-2H3;1H4/b16-10+;;;. The molecule has 6 nitrogen and oxygen atoms in total. The Labute approximate surface area is 284 Å². The average molecular weight is 644 g/mol. The Kier molecular flexibility index (Phi) is 18.8. The Hall–Kier alpha value is -1.84. The lowest BCUT2D eigenvalue weighted by Gasteiger charge is -2.59. The average Bonchev–Trinajstić information content (AvgIpc) is 3.42. The van der Waals surface area contributed by atoms with E-state index in [0.29, 0.717) is 17.3 Å². The Morgan fingerprint density at radius 3 is 2.41 bits per heavy atom. The number of aliphatic hydroxyl groups excluding tert-OH is 1. The first-order chi connectivity index (χ1) is 21.5. The number of hydrogen-bond acceptors (Lipinski definition) is 4. The molecule has 0 aromatic carbocycles. The molecule has 0 heterocycles. The summed E-state index contributed by atoms with van der Waals surface area (Å²) in [5, 5.41) is 17.1. The van der Waals surface area contributed by atoms with Gasteiger partial charge in [0.15, 0.2) is 0 Å². The number of hydrogen-bond donors (Lipinski definition) is 4. The van der Waals surface area contributed by atoms with Crippen LogP contribution in [-0.4, -0.2) is 35.7 Å². The van der Waals surface area contributed by atoms with Crippen LogP contribution in [0.1, 0.15) is 152 Å². The van der Waals surface area contributed by atoms with Crippen molar-refractivity contribution in [1.82, 2.24) is 10.6 Å². The molecule has 6 heteroatoms. The van der Waals surface area contributed by atoms with Crippen molar-refractivity contribution in [2.45, 2.75) is 164 Å². The van der Waals surface area contributed by atoms with Crippen molar-refractivity contribution in [1.29, 1.82) is 0 Å². The topological polar surface area (TPSA) is 104 Å². The van der Waals surface area contributed by atoms with E-state index >= 15 is 0 Å². The van der Waals surface area contributed by atoms with E-state index in [1.807, 2.05) is 40.7 Å². The third kappa shape index (κ3) is 10.8. The summed E-state index contributed by atoms with van der Waals surface area (Å²) in [5.74, 6) is 6.50. The molecule has 5 N–H and O–H groups in total. The van der Waals surface area contributed by atoms with Crippen LogP contribution in [0.4, 0.5) is 0 Å². The molecular formula is C40H73N3O3. The van der Waals surface area contributed by atoms with Gasteiger partial charge in [-0.05, 0) is 124 Å². The number of rotatable bonds is 11. The second kappa shape index (κ2) is 20.5. The molecule has 0 aromatic rings. The molecule has 4 fully saturated rings. The van der Waals surface area contributed by atoms with E-state index in [9.17, 15) is 14.7 Å². The van der Waals surface area contributed by atoms with Crippen LogP contribution in [0.15, 0.2) is 12.2 Å². The van der Waals surface area contributed by atoms with Crippen LogP contribution >= 0.6 is 0 Å². The maximum Gasteiger partial charge on any atom is 0.245 e. The van der Waals surface area contributed by atoms with E-state index in [1.54, 1.807) is 6.08 Å². The van der Waals surface area contributed by atoms with Gasteiger partial charge in [0.1, 0.15) is 6.17 Å². The number of allylic oxidation sites excluding steroid dienone is 1. The monoisotopic (exact) mass is 644 g/mol. The number of fused-ring (bicyclic) bond motifs is 5. The largest absolute Gasteiger partial charge is 0.393 e. The SMILES string of the molecule is C.C#CCC(NC(=O)/C=C/CCCC1CCC2C1CCC1C2C(O)CC2CCCCC21C)NC(=O)C(C)(C)CCC.CC.CCN. The molecule has 9 atom stereocenters. The highest BCUT2D eigenvalue weighted by Crippen LogP contribution is 2.64. The van der Waals surface area contributed by atoms with Crippen molar-refractivity contribution in [3.05, 3.63) is 12.2 Å². The smallest absolute Gasteiger partial charge is 0.245 e. The van der Waals surface area contributed by atoms with Gasteiger partial charge >= 0.3 is 0 Å². The van der Waals surface area contributed by atoms with Crippen molar-refractivity contribution < 1.29 is 14.7 Å². The Bertz CT molecular complexity index is 971. The third-order valence-corrected chi connectivity index (χ3v) is 11.7. The van der Waals surface area contributed by atoms with E-state index in [-0.39, 0.29) is 31.8 Å². The van der Waals surface area contributed by atoms with Gasteiger partial charge in [0.2, 0.25) is 11.8 Å². The van der Waals surface area contributed by atoms with E-state index in [4.69, 9.17) is 12.2 Å². The number of unbranched alkanes of at least 4 members (excludes halogenated alkanes) is 1. The number of terminal acetylenes is 1. The first-order valence-electron chi connectivity index (χ1n) is 18.6. The van der Waals surface area contributed by atoms with Crippen LogP contribution in [0.3, 0.4) is 0 Å². The predicted octanol–water partition coefficient (Wildman–Crippen LogP) is 8.38. The van der Waals surface area contributed by atoms with Gasteiger partial charge in [0.25, 0.3) is 0 Å². The highest BCUT2D eigenvalue weighted by molar-refractivity contribution is 5.88. The summed E-state index contributed by atoms with van der Waals surface area (Å²) in [4.78, 5) is 25.2. The van der Waals surface area contributed by atoms with Gasteiger partial charge in [0.05, 0.1) is 6.10 Å². The molecule has 0 aliphatic heterocycles. The first-order valence-corrected chi connectivity index (χ1v) is 18.6. The summed E-state index contributed by atoms with van der Waals surface area (Å²) in [5.41, 5.74) is 4.82. The zero-order valence-electron chi connectivity index (χ0n) is 30.0. The zero-order valence-corrected chi connectivity index (χ0v) is 30.0. The minimum Gasteiger partial charge on any atom is -0.393 e. The summed E-state index contributed by atoms with van der Waals surface area (Å²) < 4.78 is 0. The van der Waals surface area contributed by atoms with Gasteiger partial charge < -0.3 is 21.5 Å². The summed E-state index contributed by atoms with van der Waals surface area (Å²) in [6, 6.07) is 0. The van der Waals surface area contributed by atoms with Gasteiger partial charge in [0, 0.05) is 11.8 Å². The first kappa shape index (κ1) is 42.2. The fourth-order valence-electron chi connectivity index (χ4n) is 9.67. The van der Waals surface area contributed by atoms with Gasteiger partial charge in [-0.2, -0.15) is 0 Å². The lowest BCUT2D eigenvalue weighted by atomic mass is 9.46. The molecule has 2 amide bonds. The van der Waals surface area contributed by atoms with Crippen LogP contribution in [0.5, 0.6) is 0 Å². The molecule has 4 saturated carbocycles. The van der Waals surface area contributed by atoms with E-state index in [1.165, 1.54) is 57.8 Å². The van der Waals surface area contributed by atoms with Crippen LogP contribution in [0.25, 0.3) is 0 Å².